The number of hydrogen-bond acceptors (Lipinski definition) is 6. The summed E-state index contributed by atoms with van der Waals surface area (Å²) in [7, 11) is -11.8. The first-order valence-corrected chi connectivity index (χ1v) is 21.0. The zero-order valence-electron chi connectivity index (χ0n) is 30.4. The van der Waals surface area contributed by atoms with E-state index < -0.39 is 30.1 Å². The van der Waals surface area contributed by atoms with Crippen molar-refractivity contribution in [3.63, 3.8) is 0 Å². The standard InChI is InChI=1S/C27H24N3O6S3.3C5H5.3Fe/c31-37(32,25-13-1-2-14-25)28-19-7-9-21-29(38(33,34)26-15-3-4-16-26)23-11-12-24-30(22-10-8-20-28)39(35,36)27-17-5-6-18-27;3*1-2-4-5-3-1;;;/h1-6,13-18H,19-24H2;3*1-5H;;;/q;;;;3*+2. The first-order valence-electron chi connectivity index (χ1n) is 16.7. The van der Waals surface area contributed by atoms with Crippen molar-refractivity contribution in [3.05, 3.63) is 189 Å². The van der Waals surface area contributed by atoms with Gasteiger partial charge >= 0.3 is 51.2 Å². The molecule has 294 valence electrons. The smallest absolute Gasteiger partial charge is 0.211 e. The molecule has 0 N–H and O–H groups in total. The maximum absolute atomic E-state index is 13.2. The molecule has 0 saturated heterocycles. The Morgan fingerprint density at radius 1 is 0.281 bits per heavy atom. The summed E-state index contributed by atoms with van der Waals surface area (Å²) in [5.41, 5.74) is 0. The fraction of sp³-hybridized carbons (Fsp3) is 0.143. The molecule has 57 heavy (non-hydrogen) atoms. The van der Waals surface area contributed by atoms with Gasteiger partial charge < -0.3 is 0 Å². The van der Waals surface area contributed by atoms with Crippen LogP contribution in [0.5, 0.6) is 0 Å². The van der Waals surface area contributed by atoms with Gasteiger partial charge in [-0.15, -0.1) is 0 Å². The molecule has 6 aliphatic carbocycles. The van der Waals surface area contributed by atoms with Crippen LogP contribution in [0, 0.1) is 225 Å². The van der Waals surface area contributed by atoms with Crippen molar-refractivity contribution in [2.45, 2.75) is 0 Å². The molecule has 0 bridgehead atoms. The first kappa shape index (κ1) is 55.0. The van der Waals surface area contributed by atoms with Gasteiger partial charge in [0.05, 0.1) is 39.3 Å². The number of sulfonamides is 3. The maximum Gasteiger partial charge on any atom is 2.00 e. The average molecular weight is 946 g/mol. The molecule has 0 aromatic carbocycles. The van der Waals surface area contributed by atoms with E-state index in [1.54, 1.807) is 38.5 Å². The van der Waals surface area contributed by atoms with Crippen molar-refractivity contribution in [2.75, 3.05) is 39.3 Å². The molecule has 0 aromatic rings. The van der Waals surface area contributed by atoms with Gasteiger partial charge in [0.25, 0.3) is 0 Å². The minimum absolute atomic E-state index is 0. The predicted octanol–water partition coefficient (Wildman–Crippen LogP) is 3.05. The van der Waals surface area contributed by atoms with Gasteiger partial charge in [0.15, 0.2) is 0 Å². The topological polar surface area (TPSA) is 112 Å². The van der Waals surface area contributed by atoms with E-state index in [1.165, 1.54) is 38.5 Å². The summed E-state index contributed by atoms with van der Waals surface area (Å²) in [5, 5.41) is 0.203. The molecule has 9 nitrogen and oxygen atoms in total. The summed E-state index contributed by atoms with van der Waals surface area (Å²) < 4.78 is 82.1. The van der Waals surface area contributed by atoms with Crippen molar-refractivity contribution in [2.24, 2.45) is 0 Å². The maximum atomic E-state index is 13.2. The molecule has 30 radical (unpaired) electrons. The van der Waals surface area contributed by atoms with E-state index in [4.69, 9.17) is 0 Å². The molecular weight excluding hydrogens is 906 g/mol. The summed E-state index contributed by atoms with van der Waals surface area (Å²) in [6, 6.07) is 0. The molecule has 6 saturated carbocycles. The third-order valence-corrected chi connectivity index (χ3v) is 12.8. The Kier molecular flexibility index (Phi) is 29.0. The van der Waals surface area contributed by atoms with E-state index in [1.807, 2.05) is 96.3 Å². The van der Waals surface area contributed by atoms with Crippen LogP contribution in [0.1, 0.15) is 0 Å². The van der Waals surface area contributed by atoms with Gasteiger partial charge in [-0.3, -0.25) is 0 Å². The zero-order valence-corrected chi connectivity index (χ0v) is 36.2. The van der Waals surface area contributed by atoms with Crippen LogP contribution >= 0.6 is 0 Å². The van der Waals surface area contributed by atoms with E-state index >= 15 is 0 Å². The molecule has 0 amide bonds. The van der Waals surface area contributed by atoms with Gasteiger partial charge in [-0.05, 0) is 173 Å². The summed E-state index contributed by atoms with van der Waals surface area (Å²) in [6.07, 6.45) is 48.3. The second-order valence-electron chi connectivity index (χ2n) is 11.1. The molecule has 7 aliphatic rings. The fourth-order valence-electron chi connectivity index (χ4n) is 4.54. The molecule has 0 spiro atoms. The van der Waals surface area contributed by atoms with E-state index in [9.17, 15) is 25.3 Å². The van der Waals surface area contributed by atoms with Gasteiger partial charge in [0.1, 0.15) is 15.7 Å². The SMILES string of the molecule is O=S(=O)([C]1[CH][CH][CH][CH]1)N1CC#CCN(S(=O)(=O)[C]2[CH][CH][CH][CH]2)CC#CCN(S(=O)(=O)[C]2[CH][CH][CH][CH]2)CC#CC1.[CH]1[CH][CH][CH][CH]1.[CH]1[CH][CH][CH][CH]1.[CH]1[CH][CH][CH][CH]1.[Fe+2].[Fe+2].[Fe+2]. The Morgan fingerprint density at radius 3 is 0.561 bits per heavy atom. The minimum Gasteiger partial charge on any atom is -0.211 e. The molecule has 6 fully saturated rings. The van der Waals surface area contributed by atoms with Crippen molar-refractivity contribution in [1.29, 1.82) is 0 Å². The van der Waals surface area contributed by atoms with Crippen LogP contribution in [-0.4, -0.2) is 77.4 Å². The Bertz CT molecular complexity index is 1390. The van der Waals surface area contributed by atoms with Crippen LogP contribution in [0.4, 0.5) is 0 Å². The molecule has 7 rings (SSSR count). The fourth-order valence-corrected chi connectivity index (χ4v) is 8.34. The van der Waals surface area contributed by atoms with Crippen LogP contribution < -0.4 is 0 Å². The minimum atomic E-state index is -3.95. The van der Waals surface area contributed by atoms with Crippen molar-refractivity contribution in [1.82, 2.24) is 12.9 Å². The number of nitrogens with zero attached hydrogens (tertiary/aromatic N) is 3. The molecule has 0 aromatic heterocycles. The molecule has 15 heteroatoms. The van der Waals surface area contributed by atoms with Gasteiger partial charge in [-0.2, -0.15) is 12.9 Å². The summed E-state index contributed by atoms with van der Waals surface area (Å²) in [5.74, 6) is 16.4. The molecule has 0 atom stereocenters. The Labute approximate surface area is 380 Å². The third kappa shape index (κ3) is 18.9. The molecular formula is C42H39Fe3N3O6S3+6. The van der Waals surface area contributed by atoms with Crippen LogP contribution in [0.25, 0.3) is 0 Å². The van der Waals surface area contributed by atoms with Gasteiger partial charge in [0.2, 0.25) is 30.1 Å². The summed E-state index contributed by atoms with van der Waals surface area (Å²) in [6.45, 7) is -1.45. The molecule has 1 heterocycles. The van der Waals surface area contributed by atoms with Gasteiger partial charge in [-0.1, -0.05) is 35.5 Å². The van der Waals surface area contributed by atoms with E-state index in [0.717, 1.165) is 12.9 Å². The normalized spacial score (nSPS) is 23.2. The molecule has 1 aliphatic heterocycles. The van der Waals surface area contributed by atoms with Crippen LogP contribution in [0.2, 0.25) is 0 Å². The molecule has 0 unspecified atom stereocenters. The largest absolute Gasteiger partial charge is 2.00 e. The zero-order chi connectivity index (χ0) is 38.5. The predicted molar refractivity (Wildman–Crippen MR) is 211 cm³/mol. The van der Waals surface area contributed by atoms with Crippen LogP contribution in [0.3, 0.4) is 0 Å². The Balaban J connectivity index is 0.000000747. The Morgan fingerprint density at radius 2 is 0.421 bits per heavy atom. The van der Waals surface area contributed by atoms with Crippen molar-refractivity contribution < 1.29 is 76.5 Å². The third-order valence-electron chi connectivity index (χ3n) is 7.38. The van der Waals surface area contributed by atoms with Crippen LogP contribution in [0.15, 0.2) is 0 Å². The van der Waals surface area contributed by atoms with Crippen molar-refractivity contribution in [3.8, 4) is 35.5 Å². The van der Waals surface area contributed by atoms with E-state index in [2.05, 4.69) is 35.5 Å². The number of rotatable bonds is 6. The second-order valence-corrected chi connectivity index (χ2v) is 16.9. The van der Waals surface area contributed by atoms with Crippen LogP contribution in [-0.2, 0) is 81.3 Å². The Hall–Kier alpha value is -0.0316. The van der Waals surface area contributed by atoms with Gasteiger partial charge in [-0.25, -0.2) is 25.3 Å². The summed E-state index contributed by atoms with van der Waals surface area (Å²) >= 11 is 0. The second kappa shape index (κ2) is 30.1. The summed E-state index contributed by atoms with van der Waals surface area (Å²) in [4.78, 5) is 0. The van der Waals surface area contributed by atoms with E-state index in [-0.39, 0.29) is 106 Å². The first-order chi connectivity index (χ1) is 26.1. The van der Waals surface area contributed by atoms with Crippen molar-refractivity contribution >= 4 is 30.1 Å². The monoisotopic (exact) mass is 945 g/mol. The number of hydrogen-bond donors (Lipinski definition) is 0. The quantitative estimate of drug-likeness (QED) is 0.300. The average Bonchev–Trinajstić information content (AvgIpc) is 4.01. The van der Waals surface area contributed by atoms with E-state index in [0.29, 0.717) is 0 Å². The van der Waals surface area contributed by atoms with Gasteiger partial charge in [0, 0.05) is 0 Å².